The lowest BCUT2D eigenvalue weighted by Gasteiger charge is -2.00. The van der Waals surface area contributed by atoms with Crippen molar-refractivity contribution >= 4 is 11.9 Å². The monoisotopic (exact) mass is 334 g/mol. The number of nitrogens with one attached hydrogen (secondary N) is 1. The summed E-state index contributed by atoms with van der Waals surface area (Å²) in [5.41, 5.74) is 3.14. The number of ketones is 1. The number of aromatic amines is 1. The van der Waals surface area contributed by atoms with E-state index < -0.39 is 0 Å². The van der Waals surface area contributed by atoms with Gasteiger partial charge in [-0.15, -0.1) is 0 Å². The first-order chi connectivity index (χ1) is 12.2. The maximum atomic E-state index is 12.2. The van der Waals surface area contributed by atoms with Crippen molar-refractivity contribution in [3.8, 4) is 22.8 Å². The molecular formula is C20H18N2O3. The molecule has 5 heteroatoms. The Morgan fingerprint density at radius 2 is 1.56 bits per heavy atom. The van der Waals surface area contributed by atoms with Gasteiger partial charge < -0.3 is 9.47 Å². The van der Waals surface area contributed by atoms with Crippen molar-refractivity contribution in [2.75, 3.05) is 14.2 Å². The van der Waals surface area contributed by atoms with E-state index in [1.807, 2.05) is 30.3 Å². The number of aromatic nitrogens is 2. The minimum atomic E-state index is -0.0803. The summed E-state index contributed by atoms with van der Waals surface area (Å²) in [7, 11) is 3.22. The Kier molecular flexibility index (Phi) is 4.95. The highest BCUT2D eigenvalue weighted by atomic mass is 16.5. The summed E-state index contributed by atoms with van der Waals surface area (Å²) in [5, 5.41) is 7.19. The molecule has 25 heavy (non-hydrogen) atoms. The molecule has 0 radical (unpaired) electrons. The SMILES string of the molecule is COc1ccc(C(=O)C=Cc2cc(-c3ccc(OC)cc3)n[nH]2)cc1. The van der Waals surface area contributed by atoms with E-state index in [0.29, 0.717) is 5.56 Å². The third kappa shape index (κ3) is 3.95. The number of hydrogen-bond donors (Lipinski definition) is 1. The van der Waals surface area contributed by atoms with Crippen LogP contribution in [0, 0.1) is 0 Å². The molecule has 126 valence electrons. The largest absolute Gasteiger partial charge is 0.497 e. The van der Waals surface area contributed by atoms with Crippen molar-refractivity contribution < 1.29 is 14.3 Å². The fraction of sp³-hybridized carbons (Fsp3) is 0.100. The predicted molar refractivity (Wildman–Crippen MR) is 96.9 cm³/mol. The molecule has 3 rings (SSSR count). The number of benzene rings is 2. The van der Waals surface area contributed by atoms with E-state index in [1.54, 1.807) is 44.6 Å². The number of allylic oxidation sites excluding steroid dienone is 1. The van der Waals surface area contributed by atoms with Crippen LogP contribution in [0.3, 0.4) is 0 Å². The summed E-state index contributed by atoms with van der Waals surface area (Å²) >= 11 is 0. The van der Waals surface area contributed by atoms with Crippen LogP contribution in [0.25, 0.3) is 17.3 Å². The Balaban J connectivity index is 1.71. The molecule has 5 nitrogen and oxygen atoms in total. The second-order valence-corrected chi connectivity index (χ2v) is 5.36. The van der Waals surface area contributed by atoms with Gasteiger partial charge in [-0.05, 0) is 66.7 Å². The Morgan fingerprint density at radius 1 is 0.960 bits per heavy atom. The number of rotatable bonds is 6. The van der Waals surface area contributed by atoms with Crippen molar-refractivity contribution in [1.29, 1.82) is 0 Å². The summed E-state index contributed by atoms with van der Waals surface area (Å²) in [6, 6.07) is 16.5. The molecule has 0 saturated heterocycles. The molecule has 0 saturated carbocycles. The molecule has 1 N–H and O–H groups in total. The van der Waals surface area contributed by atoms with Gasteiger partial charge in [0.05, 0.1) is 25.6 Å². The quantitative estimate of drug-likeness (QED) is 0.547. The van der Waals surface area contributed by atoms with Gasteiger partial charge in [0.1, 0.15) is 11.5 Å². The van der Waals surface area contributed by atoms with Gasteiger partial charge in [-0.1, -0.05) is 0 Å². The molecule has 0 spiro atoms. The van der Waals surface area contributed by atoms with E-state index in [9.17, 15) is 4.79 Å². The van der Waals surface area contributed by atoms with Gasteiger partial charge in [-0.25, -0.2) is 0 Å². The summed E-state index contributed by atoms with van der Waals surface area (Å²) in [6.45, 7) is 0. The summed E-state index contributed by atoms with van der Waals surface area (Å²) < 4.78 is 10.2. The summed E-state index contributed by atoms with van der Waals surface area (Å²) in [6.07, 6.45) is 3.24. The van der Waals surface area contributed by atoms with E-state index in [2.05, 4.69) is 10.2 Å². The molecule has 0 aliphatic carbocycles. The lowest BCUT2D eigenvalue weighted by atomic mass is 10.1. The number of methoxy groups -OCH3 is 2. The van der Waals surface area contributed by atoms with E-state index in [4.69, 9.17) is 9.47 Å². The van der Waals surface area contributed by atoms with Gasteiger partial charge in [0.25, 0.3) is 0 Å². The standard InChI is InChI=1S/C20H18N2O3/c1-24-17-8-3-14(4-9-17)19-13-16(21-22-19)7-12-20(23)15-5-10-18(25-2)11-6-15/h3-13H,1-2H3,(H,21,22). The Hall–Kier alpha value is -3.34. The molecular weight excluding hydrogens is 316 g/mol. The highest BCUT2D eigenvalue weighted by molar-refractivity contribution is 6.06. The number of carbonyl (C=O) groups excluding carboxylic acids is 1. The molecule has 0 bridgehead atoms. The number of H-pyrrole nitrogens is 1. The highest BCUT2D eigenvalue weighted by Crippen LogP contribution is 2.21. The first kappa shape index (κ1) is 16.5. The molecule has 0 unspecified atom stereocenters. The average molecular weight is 334 g/mol. The van der Waals surface area contributed by atoms with E-state index in [1.165, 1.54) is 6.08 Å². The van der Waals surface area contributed by atoms with E-state index >= 15 is 0 Å². The van der Waals surface area contributed by atoms with Crippen molar-refractivity contribution in [2.45, 2.75) is 0 Å². The van der Waals surface area contributed by atoms with Gasteiger partial charge in [0.15, 0.2) is 5.78 Å². The lowest BCUT2D eigenvalue weighted by Crippen LogP contribution is -1.94. The second-order valence-electron chi connectivity index (χ2n) is 5.36. The molecule has 0 fully saturated rings. The average Bonchev–Trinajstić information content (AvgIpc) is 3.15. The summed E-state index contributed by atoms with van der Waals surface area (Å²) in [5.74, 6) is 1.44. The summed E-state index contributed by atoms with van der Waals surface area (Å²) in [4.78, 5) is 12.2. The molecule has 0 amide bonds. The Labute approximate surface area is 145 Å². The third-order valence-electron chi connectivity index (χ3n) is 3.77. The van der Waals surface area contributed by atoms with Gasteiger partial charge >= 0.3 is 0 Å². The van der Waals surface area contributed by atoms with Crippen LogP contribution >= 0.6 is 0 Å². The van der Waals surface area contributed by atoms with Crippen LogP contribution in [-0.4, -0.2) is 30.2 Å². The zero-order chi connectivity index (χ0) is 17.6. The predicted octanol–water partition coefficient (Wildman–Crippen LogP) is 3.99. The van der Waals surface area contributed by atoms with Crippen LogP contribution in [0.5, 0.6) is 11.5 Å². The first-order valence-corrected chi connectivity index (χ1v) is 7.76. The molecule has 1 aromatic heterocycles. The van der Waals surface area contributed by atoms with Gasteiger partial charge in [-0.2, -0.15) is 5.10 Å². The Morgan fingerprint density at radius 3 is 2.16 bits per heavy atom. The topological polar surface area (TPSA) is 64.2 Å². The van der Waals surface area contributed by atoms with Crippen LogP contribution in [0.4, 0.5) is 0 Å². The zero-order valence-electron chi connectivity index (χ0n) is 14.0. The van der Waals surface area contributed by atoms with Crippen LogP contribution in [0.2, 0.25) is 0 Å². The zero-order valence-corrected chi connectivity index (χ0v) is 14.0. The number of hydrogen-bond acceptors (Lipinski definition) is 4. The van der Waals surface area contributed by atoms with Crippen molar-refractivity contribution in [1.82, 2.24) is 10.2 Å². The molecule has 2 aromatic carbocycles. The molecule has 3 aromatic rings. The minimum Gasteiger partial charge on any atom is -0.497 e. The van der Waals surface area contributed by atoms with Crippen LogP contribution in [0.15, 0.2) is 60.7 Å². The fourth-order valence-corrected chi connectivity index (χ4v) is 2.35. The normalized spacial score (nSPS) is 10.8. The second kappa shape index (κ2) is 7.49. The Bertz CT molecular complexity index is 878. The third-order valence-corrected chi connectivity index (χ3v) is 3.77. The van der Waals surface area contributed by atoms with Crippen molar-refractivity contribution in [2.24, 2.45) is 0 Å². The fourth-order valence-electron chi connectivity index (χ4n) is 2.35. The van der Waals surface area contributed by atoms with E-state index in [0.717, 1.165) is 28.5 Å². The number of ether oxygens (including phenoxy) is 2. The van der Waals surface area contributed by atoms with Gasteiger partial charge in [0.2, 0.25) is 0 Å². The molecule has 0 aliphatic heterocycles. The first-order valence-electron chi connectivity index (χ1n) is 7.76. The van der Waals surface area contributed by atoms with Crippen LogP contribution < -0.4 is 9.47 Å². The van der Waals surface area contributed by atoms with Crippen molar-refractivity contribution in [3.63, 3.8) is 0 Å². The van der Waals surface area contributed by atoms with Gasteiger partial charge in [-0.3, -0.25) is 9.89 Å². The lowest BCUT2D eigenvalue weighted by molar-refractivity contribution is 0.104. The number of carbonyl (C=O) groups is 1. The van der Waals surface area contributed by atoms with E-state index in [-0.39, 0.29) is 5.78 Å². The minimum absolute atomic E-state index is 0.0803. The number of nitrogens with zero attached hydrogens (tertiary/aromatic N) is 1. The highest BCUT2D eigenvalue weighted by Gasteiger charge is 2.05. The molecule has 0 atom stereocenters. The molecule has 1 heterocycles. The maximum Gasteiger partial charge on any atom is 0.185 e. The van der Waals surface area contributed by atoms with Crippen LogP contribution in [-0.2, 0) is 0 Å². The molecule has 0 aliphatic rings. The van der Waals surface area contributed by atoms with Crippen molar-refractivity contribution in [3.05, 3.63) is 71.9 Å². The van der Waals surface area contributed by atoms with Crippen LogP contribution in [0.1, 0.15) is 16.1 Å². The van der Waals surface area contributed by atoms with Gasteiger partial charge in [0, 0.05) is 11.1 Å². The maximum absolute atomic E-state index is 12.2. The smallest absolute Gasteiger partial charge is 0.185 e.